The summed E-state index contributed by atoms with van der Waals surface area (Å²) < 4.78 is 0. The number of rotatable bonds is 15. The lowest BCUT2D eigenvalue weighted by Crippen LogP contribution is -2.08. The molecule has 0 spiro atoms. The van der Waals surface area contributed by atoms with Crippen LogP contribution in [0.15, 0.2) is 0 Å². The molecule has 0 aromatic heterocycles. The van der Waals surface area contributed by atoms with Gasteiger partial charge in [-0.15, -0.1) is 0 Å². The van der Waals surface area contributed by atoms with Gasteiger partial charge in [-0.25, -0.2) is 0 Å². The number of unbranched alkanes of at least 4 members (excludes halogenated alkanes) is 8. The first-order valence-electron chi connectivity index (χ1n) is 10.1. The highest BCUT2D eigenvalue weighted by Crippen LogP contribution is 2.24. The van der Waals surface area contributed by atoms with Crippen LogP contribution in [0, 0.1) is 17.8 Å². The maximum atomic E-state index is 2.48. The third-order valence-corrected chi connectivity index (χ3v) is 5.18. The standard InChI is InChI=1S/C21H44/c1-6-7-8-9-10-11-12-13-17-20(4)21(5)18-15-14-16-19(2)3/h19-21H,6-18H2,1-5H3. The molecule has 0 saturated carbocycles. The lowest BCUT2D eigenvalue weighted by atomic mass is 9.86. The highest BCUT2D eigenvalue weighted by atomic mass is 14.2. The van der Waals surface area contributed by atoms with Crippen LogP contribution < -0.4 is 0 Å². The second-order valence-electron chi connectivity index (χ2n) is 7.90. The van der Waals surface area contributed by atoms with E-state index in [1.807, 2.05) is 0 Å². The Bertz CT molecular complexity index is 194. The van der Waals surface area contributed by atoms with Gasteiger partial charge < -0.3 is 0 Å². The first-order chi connectivity index (χ1) is 10.1. The normalized spacial score (nSPS) is 14.6. The predicted molar refractivity (Wildman–Crippen MR) is 98.9 cm³/mol. The second-order valence-corrected chi connectivity index (χ2v) is 7.90. The molecule has 0 bridgehead atoms. The van der Waals surface area contributed by atoms with Crippen LogP contribution in [0.4, 0.5) is 0 Å². The summed E-state index contributed by atoms with van der Waals surface area (Å²) in [6.07, 6.45) is 18.8. The van der Waals surface area contributed by atoms with Crippen LogP contribution in [0.5, 0.6) is 0 Å². The molecular weight excluding hydrogens is 252 g/mol. The lowest BCUT2D eigenvalue weighted by molar-refractivity contribution is 0.320. The molecule has 128 valence electrons. The molecule has 0 aliphatic heterocycles. The van der Waals surface area contributed by atoms with Gasteiger partial charge in [0.05, 0.1) is 0 Å². The average molecular weight is 297 g/mol. The monoisotopic (exact) mass is 296 g/mol. The molecule has 0 fully saturated rings. The van der Waals surface area contributed by atoms with E-state index in [1.54, 1.807) is 0 Å². The Hall–Kier alpha value is 0. The smallest absolute Gasteiger partial charge is 0.0417 e. The zero-order valence-electron chi connectivity index (χ0n) is 15.9. The number of hydrogen-bond donors (Lipinski definition) is 0. The van der Waals surface area contributed by atoms with Gasteiger partial charge in [0, 0.05) is 0 Å². The Morgan fingerprint density at radius 2 is 0.857 bits per heavy atom. The largest absolute Gasteiger partial charge is 0.0654 e. The van der Waals surface area contributed by atoms with E-state index < -0.39 is 0 Å². The minimum absolute atomic E-state index is 0.884. The van der Waals surface area contributed by atoms with Crippen molar-refractivity contribution in [1.82, 2.24) is 0 Å². The molecule has 0 nitrogen and oxygen atoms in total. The molecule has 0 rings (SSSR count). The molecule has 0 amide bonds. The molecule has 0 heteroatoms. The van der Waals surface area contributed by atoms with Crippen molar-refractivity contribution >= 4 is 0 Å². The molecule has 0 aliphatic carbocycles. The van der Waals surface area contributed by atoms with Crippen molar-refractivity contribution in [2.45, 2.75) is 118 Å². The van der Waals surface area contributed by atoms with E-state index in [0.29, 0.717) is 0 Å². The summed E-state index contributed by atoms with van der Waals surface area (Å²) in [6.45, 7) is 11.9. The maximum absolute atomic E-state index is 2.48. The van der Waals surface area contributed by atoms with Gasteiger partial charge in [0.15, 0.2) is 0 Å². The van der Waals surface area contributed by atoms with Crippen LogP contribution in [0.3, 0.4) is 0 Å². The topological polar surface area (TPSA) is 0 Å². The fraction of sp³-hybridized carbons (Fsp3) is 1.00. The SMILES string of the molecule is CCCCCCCCCCC(C)C(C)CCCCC(C)C. The number of hydrogen-bond acceptors (Lipinski definition) is 0. The molecule has 2 atom stereocenters. The summed E-state index contributed by atoms with van der Waals surface area (Å²) in [5.74, 6) is 2.75. The van der Waals surface area contributed by atoms with E-state index in [4.69, 9.17) is 0 Å². The second kappa shape index (κ2) is 14.9. The summed E-state index contributed by atoms with van der Waals surface area (Å²) in [7, 11) is 0. The summed E-state index contributed by atoms with van der Waals surface area (Å²) in [5, 5.41) is 0. The third kappa shape index (κ3) is 14.7. The third-order valence-electron chi connectivity index (χ3n) is 5.18. The molecule has 21 heavy (non-hydrogen) atoms. The van der Waals surface area contributed by atoms with Crippen molar-refractivity contribution in [2.24, 2.45) is 17.8 Å². The van der Waals surface area contributed by atoms with E-state index >= 15 is 0 Å². The summed E-state index contributed by atoms with van der Waals surface area (Å²) in [5.41, 5.74) is 0. The molecule has 0 heterocycles. The lowest BCUT2D eigenvalue weighted by Gasteiger charge is -2.20. The Morgan fingerprint density at radius 1 is 0.476 bits per heavy atom. The summed E-state index contributed by atoms with van der Waals surface area (Å²) in [4.78, 5) is 0. The summed E-state index contributed by atoms with van der Waals surface area (Å²) in [6, 6.07) is 0. The molecular formula is C21H44. The molecule has 0 aromatic carbocycles. The molecule has 0 radical (unpaired) electrons. The van der Waals surface area contributed by atoms with E-state index in [2.05, 4.69) is 34.6 Å². The van der Waals surface area contributed by atoms with Crippen LogP contribution in [0.2, 0.25) is 0 Å². The fourth-order valence-electron chi connectivity index (χ4n) is 3.19. The Labute approximate surface area is 136 Å². The minimum Gasteiger partial charge on any atom is -0.0654 e. The van der Waals surface area contributed by atoms with Crippen LogP contribution in [-0.2, 0) is 0 Å². The zero-order chi connectivity index (χ0) is 15.9. The van der Waals surface area contributed by atoms with Gasteiger partial charge in [-0.3, -0.25) is 0 Å². The first kappa shape index (κ1) is 21.0. The molecule has 0 saturated heterocycles. The van der Waals surface area contributed by atoms with E-state index in [9.17, 15) is 0 Å². The van der Waals surface area contributed by atoms with Crippen molar-refractivity contribution in [2.75, 3.05) is 0 Å². The van der Waals surface area contributed by atoms with Crippen LogP contribution in [0.25, 0.3) is 0 Å². The van der Waals surface area contributed by atoms with Gasteiger partial charge in [0.2, 0.25) is 0 Å². The Kier molecular flexibility index (Phi) is 14.9. The van der Waals surface area contributed by atoms with Crippen molar-refractivity contribution in [3.8, 4) is 0 Å². The van der Waals surface area contributed by atoms with Crippen LogP contribution >= 0.6 is 0 Å². The highest BCUT2D eigenvalue weighted by molar-refractivity contribution is 4.63. The molecule has 0 N–H and O–H groups in total. The molecule has 2 unspecified atom stereocenters. The quantitative estimate of drug-likeness (QED) is 0.268. The van der Waals surface area contributed by atoms with E-state index in [-0.39, 0.29) is 0 Å². The Balaban J connectivity index is 3.36. The van der Waals surface area contributed by atoms with Crippen molar-refractivity contribution in [1.29, 1.82) is 0 Å². The Morgan fingerprint density at radius 3 is 1.33 bits per heavy atom. The van der Waals surface area contributed by atoms with Gasteiger partial charge in [0.1, 0.15) is 0 Å². The van der Waals surface area contributed by atoms with E-state index in [0.717, 1.165) is 17.8 Å². The molecule has 0 aliphatic rings. The fourth-order valence-corrected chi connectivity index (χ4v) is 3.19. The van der Waals surface area contributed by atoms with Crippen LogP contribution in [0.1, 0.15) is 118 Å². The zero-order valence-corrected chi connectivity index (χ0v) is 15.9. The average Bonchev–Trinajstić information content (AvgIpc) is 2.45. The van der Waals surface area contributed by atoms with Crippen molar-refractivity contribution in [3.05, 3.63) is 0 Å². The highest BCUT2D eigenvalue weighted by Gasteiger charge is 2.11. The van der Waals surface area contributed by atoms with Gasteiger partial charge in [-0.2, -0.15) is 0 Å². The maximum Gasteiger partial charge on any atom is -0.0417 e. The predicted octanol–water partition coefficient (Wildman–Crippen LogP) is 8.01. The van der Waals surface area contributed by atoms with Crippen molar-refractivity contribution < 1.29 is 0 Å². The van der Waals surface area contributed by atoms with Gasteiger partial charge in [-0.1, -0.05) is 118 Å². The van der Waals surface area contributed by atoms with Gasteiger partial charge in [0.25, 0.3) is 0 Å². The minimum atomic E-state index is 0.884. The van der Waals surface area contributed by atoms with E-state index in [1.165, 1.54) is 83.5 Å². The summed E-state index contributed by atoms with van der Waals surface area (Å²) >= 11 is 0. The van der Waals surface area contributed by atoms with Crippen LogP contribution in [-0.4, -0.2) is 0 Å². The molecule has 0 aromatic rings. The van der Waals surface area contributed by atoms with Gasteiger partial charge in [-0.05, 0) is 17.8 Å². The van der Waals surface area contributed by atoms with Gasteiger partial charge >= 0.3 is 0 Å². The van der Waals surface area contributed by atoms with Crippen molar-refractivity contribution in [3.63, 3.8) is 0 Å². The first-order valence-corrected chi connectivity index (χ1v) is 10.1.